The van der Waals surface area contributed by atoms with Crippen LogP contribution in [0.1, 0.15) is 46.0 Å². The fourth-order valence-electron chi connectivity index (χ4n) is 2.13. The largest absolute Gasteiger partial charge is 0.343 e. The van der Waals surface area contributed by atoms with Gasteiger partial charge in [-0.1, -0.05) is 13.3 Å². The molecule has 0 aliphatic carbocycles. The summed E-state index contributed by atoms with van der Waals surface area (Å²) in [5.41, 5.74) is 0. The highest BCUT2D eigenvalue weighted by molar-refractivity contribution is 5.78. The Kier molecular flexibility index (Phi) is 6.01. The van der Waals surface area contributed by atoms with E-state index in [1.807, 2.05) is 4.90 Å². The Morgan fingerprint density at radius 2 is 1.82 bits per heavy atom. The molecule has 0 N–H and O–H groups in total. The molecule has 0 aromatic rings. The number of carbonyl (C=O) groups excluding carboxylic acids is 2. The maximum absolute atomic E-state index is 11.8. The molecular weight excluding hydrogens is 216 g/mol. The van der Waals surface area contributed by atoms with E-state index >= 15 is 0 Å². The minimum Gasteiger partial charge on any atom is -0.343 e. The number of nitrogens with zero attached hydrogens (tertiary/aromatic N) is 2. The highest BCUT2D eigenvalue weighted by Crippen LogP contribution is 2.09. The number of unbranched alkanes of at least 4 members (excludes halogenated alkanes) is 1. The monoisotopic (exact) mass is 240 g/mol. The highest BCUT2D eigenvalue weighted by Gasteiger charge is 2.18. The van der Waals surface area contributed by atoms with E-state index in [4.69, 9.17) is 0 Å². The van der Waals surface area contributed by atoms with Gasteiger partial charge in [-0.15, -0.1) is 0 Å². The van der Waals surface area contributed by atoms with Crippen molar-refractivity contribution in [2.45, 2.75) is 46.0 Å². The quantitative estimate of drug-likeness (QED) is 0.708. The van der Waals surface area contributed by atoms with E-state index in [-0.39, 0.29) is 11.8 Å². The van der Waals surface area contributed by atoms with Crippen LogP contribution in [-0.4, -0.2) is 47.8 Å². The first-order chi connectivity index (χ1) is 8.15. The predicted molar refractivity (Wildman–Crippen MR) is 67.6 cm³/mol. The third kappa shape index (κ3) is 4.75. The van der Waals surface area contributed by atoms with Crippen LogP contribution in [0, 0.1) is 0 Å². The number of rotatable bonds is 6. The molecule has 1 fully saturated rings. The number of likely N-dealkylation sites (tertiary alicyclic amines) is 1. The van der Waals surface area contributed by atoms with Crippen LogP contribution < -0.4 is 0 Å². The van der Waals surface area contributed by atoms with Crippen molar-refractivity contribution in [3.05, 3.63) is 0 Å². The molecule has 0 spiro atoms. The topological polar surface area (TPSA) is 40.6 Å². The Bertz CT molecular complexity index is 260. The lowest BCUT2D eigenvalue weighted by atomic mass is 10.2. The summed E-state index contributed by atoms with van der Waals surface area (Å²) in [6, 6.07) is 0. The lowest BCUT2D eigenvalue weighted by Gasteiger charge is -2.22. The summed E-state index contributed by atoms with van der Waals surface area (Å²) in [4.78, 5) is 26.9. The number of amides is 2. The van der Waals surface area contributed by atoms with E-state index < -0.39 is 0 Å². The molecule has 98 valence electrons. The van der Waals surface area contributed by atoms with Crippen LogP contribution in [0.4, 0.5) is 0 Å². The third-order valence-corrected chi connectivity index (χ3v) is 3.28. The predicted octanol–water partition coefficient (Wildman–Crippen LogP) is 1.65. The zero-order valence-corrected chi connectivity index (χ0v) is 11.1. The molecule has 0 unspecified atom stereocenters. The van der Waals surface area contributed by atoms with Crippen LogP contribution in [-0.2, 0) is 9.59 Å². The SMILES string of the molecule is CCCCN(CCC(=O)N1CCCC1)C(C)=O. The lowest BCUT2D eigenvalue weighted by Crippen LogP contribution is -2.35. The van der Waals surface area contributed by atoms with Crippen molar-refractivity contribution in [1.82, 2.24) is 9.80 Å². The van der Waals surface area contributed by atoms with Crippen molar-refractivity contribution in [3.63, 3.8) is 0 Å². The third-order valence-electron chi connectivity index (χ3n) is 3.28. The maximum Gasteiger partial charge on any atom is 0.224 e. The average molecular weight is 240 g/mol. The van der Waals surface area contributed by atoms with E-state index in [9.17, 15) is 9.59 Å². The molecule has 0 aromatic heterocycles. The van der Waals surface area contributed by atoms with Crippen molar-refractivity contribution in [1.29, 1.82) is 0 Å². The first-order valence-electron chi connectivity index (χ1n) is 6.68. The zero-order valence-electron chi connectivity index (χ0n) is 11.1. The molecule has 1 aliphatic rings. The van der Waals surface area contributed by atoms with Gasteiger partial charge in [-0.25, -0.2) is 0 Å². The van der Waals surface area contributed by atoms with Gasteiger partial charge in [0, 0.05) is 39.5 Å². The van der Waals surface area contributed by atoms with Gasteiger partial charge in [-0.2, -0.15) is 0 Å². The lowest BCUT2D eigenvalue weighted by molar-refractivity contribution is -0.132. The molecule has 4 heteroatoms. The highest BCUT2D eigenvalue weighted by atomic mass is 16.2. The summed E-state index contributed by atoms with van der Waals surface area (Å²) >= 11 is 0. The fraction of sp³-hybridized carbons (Fsp3) is 0.846. The van der Waals surface area contributed by atoms with Crippen LogP contribution >= 0.6 is 0 Å². The molecule has 4 nitrogen and oxygen atoms in total. The van der Waals surface area contributed by atoms with E-state index in [2.05, 4.69) is 6.92 Å². The van der Waals surface area contributed by atoms with Gasteiger partial charge in [0.2, 0.25) is 11.8 Å². The molecule has 0 atom stereocenters. The molecule has 0 saturated carbocycles. The second kappa shape index (κ2) is 7.30. The Morgan fingerprint density at radius 3 is 2.35 bits per heavy atom. The summed E-state index contributed by atoms with van der Waals surface area (Å²) in [6.45, 7) is 6.83. The minimum absolute atomic E-state index is 0.0765. The van der Waals surface area contributed by atoms with Crippen LogP contribution in [0.5, 0.6) is 0 Å². The summed E-state index contributed by atoms with van der Waals surface area (Å²) in [7, 11) is 0. The van der Waals surface area contributed by atoms with E-state index in [0.717, 1.165) is 45.3 Å². The van der Waals surface area contributed by atoms with Crippen LogP contribution in [0.3, 0.4) is 0 Å². The number of hydrogen-bond acceptors (Lipinski definition) is 2. The molecule has 17 heavy (non-hydrogen) atoms. The standard InChI is InChI=1S/C13H24N2O2/c1-3-4-8-14(12(2)16)11-7-13(17)15-9-5-6-10-15/h3-11H2,1-2H3. The summed E-state index contributed by atoms with van der Waals surface area (Å²) < 4.78 is 0. The van der Waals surface area contributed by atoms with Crippen molar-refractivity contribution >= 4 is 11.8 Å². The molecule has 0 bridgehead atoms. The minimum atomic E-state index is 0.0765. The van der Waals surface area contributed by atoms with Gasteiger partial charge < -0.3 is 9.80 Å². The molecule has 0 aromatic carbocycles. The Balaban J connectivity index is 2.29. The van der Waals surface area contributed by atoms with Crippen LogP contribution in [0.2, 0.25) is 0 Å². The second-order valence-corrected chi connectivity index (χ2v) is 4.70. The Labute approximate surface area is 104 Å². The van der Waals surface area contributed by atoms with Gasteiger partial charge in [0.15, 0.2) is 0 Å². The van der Waals surface area contributed by atoms with Gasteiger partial charge in [0.1, 0.15) is 0 Å². The summed E-state index contributed by atoms with van der Waals surface area (Å²) in [6.07, 6.45) is 4.81. The van der Waals surface area contributed by atoms with Crippen molar-refractivity contribution in [3.8, 4) is 0 Å². The Hall–Kier alpha value is -1.06. The molecular formula is C13H24N2O2. The van der Waals surface area contributed by atoms with Gasteiger partial charge in [0.05, 0.1) is 0 Å². The van der Waals surface area contributed by atoms with Crippen molar-refractivity contribution < 1.29 is 9.59 Å². The molecule has 1 aliphatic heterocycles. The van der Waals surface area contributed by atoms with E-state index in [1.165, 1.54) is 0 Å². The molecule has 1 heterocycles. The first kappa shape index (κ1) is 14.0. The van der Waals surface area contributed by atoms with Gasteiger partial charge in [-0.05, 0) is 19.3 Å². The Morgan fingerprint density at radius 1 is 1.18 bits per heavy atom. The van der Waals surface area contributed by atoms with Gasteiger partial charge >= 0.3 is 0 Å². The van der Waals surface area contributed by atoms with Crippen LogP contribution in [0.25, 0.3) is 0 Å². The fourth-order valence-corrected chi connectivity index (χ4v) is 2.13. The van der Waals surface area contributed by atoms with Gasteiger partial charge in [-0.3, -0.25) is 9.59 Å². The number of carbonyl (C=O) groups is 2. The zero-order chi connectivity index (χ0) is 12.7. The maximum atomic E-state index is 11.8. The molecule has 2 amide bonds. The first-order valence-corrected chi connectivity index (χ1v) is 6.68. The number of hydrogen-bond donors (Lipinski definition) is 0. The smallest absolute Gasteiger partial charge is 0.224 e. The van der Waals surface area contributed by atoms with Crippen molar-refractivity contribution in [2.24, 2.45) is 0 Å². The normalized spacial score (nSPS) is 15.1. The van der Waals surface area contributed by atoms with Crippen LogP contribution in [0.15, 0.2) is 0 Å². The average Bonchev–Trinajstić information content (AvgIpc) is 2.81. The van der Waals surface area contributed by atoms with E-state index in [0.29, 0.717) is 13.0 Å². The summed E-state index contributed by atoms with van der Waals surface area (Å²) in [5, 5.41) is 0. The second-order valence-electron chi connectivity index (χ2n) is 4.70. The van der Waals surface area contributed by atoms with Crippen molar-refractivity contribution in [2.75, 3.05) is 26.2 Å². The summed E-state index contributed by atoms with van der Waals surface area (Å²) in [5.74, 6) is 0.276. The molecule has 1 rings (SSSR count). The van der Waals surface area contributed by atoms with Gasteiger partial charge in [0.25, 0.3) is 0 Å². The molecule has 1 saturated heterocycles. The van der Waals surface area contributed by atoms with E-state index in [1.54, 1.807) is 11.8 Å². The molecule has 0 radical (unpaired) electrons.